The highest BCUT2D eigenvalue weighted by Crippen LogP contribution is 2.18. The second-order valence-corrected chi connectivity index (χ2v) is 6.79. The molecule has 0 aliphatic carbocycles. The molecule has 1 aromatic carbocycles. The lowest BCUT2D eigenvalue weighted by molar-refractivity contribution is 0.443. The number of aromatic nitrogens is 1. The van der Waals surface area contributed by atoms with Gasteiger partial charge in [0.25, 0.3) is 0 Å². The normalized spacial score (nSPS) is 12.8. The third kappa shape index (κ3) is 5.56. The van der Waals surface area contributed by atoms with Gasteiger partial charge in [-0.3, -0.25) is 0 Å². The largest absolute Gasteiger partial charge is 0.314 e. The van der Waals surface area contributed by atoms with Gasteiger partial charge in [-0.1, -0.05) is 26.0 Å². The highest BCUT2D eigenvalue weighted by atomic mass is 32.1. The van der Waals surface area contributed by atoms with E-state index in [1.807, 2.05) is 19.1 Å². The maximum absolute atomic E-state index is 13.0. The van der Waals surface area contributed by atoms with Crippen molar-refractivity contribution in [3.05, 3.63) is 51.7 Å². The van der Waals surface area contributed by atoms with E-state index in [4.69, 9.17) is 0 Å². The Bertz CT molecular complexity index is 548. The van der Waals surface area contributed by atoms with Crippen LogP contribution in [0.5, 0.6) is 0 Å². The molecule has 2 aromatic rings. The van der Waals surface area contributed by atoms with Crippen LogP contribution in [-0.2, 0) is 12.8 Å². The molecule has 1 heterocycles. The van der Waals surface area contributed by atoms with Gasteiger partial charge in [0.1, 0.15) is 5.82 Å². The van der Waals surface area contributed by atoms with Gasteiger partial charge >= 0.3 is 0 Å². The van der Waals surface area contributed by atoms with Crippen LogP contribution in [-0.4, -0.2) is 17.6 Å². The molecule has 2 rings (SSSR count). The van der Waals surface area contributed by atoms with Crippen LogP contribution in [0, 0.1) is 18.7 Å². The van der Waals surface area contributed by atoms with E-state index in [1.165, 1.54) is 22.7 Å². The van der Waals surface area contributed by atoms with E-state index in [-0.39, 0.29) is 5.82 Å². The first-order valence-corrected chi connectivity index (χ1v) is 8.29. The molecule has 1 aromatic heterocycles. The van der Waals surface area contributed by atoms with Gasteiger partial charge in [-0.2, -0.15) is 0 Å². The summed E-state index contributed by atoms with van der Waals surface area (Å²) in [6, 6.07) is 7.31. The molecule has 21 heavy (non-hydrogen) atoms. The quantitative estimate of drug-likeness (QED) is 0.836. The molecule has 0 amide bonds. The zero-order chi connectivity index (χ0) is 15.2. The number of hydrogen-bond acceptors (Lipinski definition) is 3. The van der Waals surface area contributed by atoms with Gasteiger partial charge in [-0.05, 0) is 43.5 Å². The van der Waals surface area contributed by atoms with Gasteiger partial charge in [-0.15, -0.1) is 11.3 Å². The van der Waals surface area contributed by atoms with Crippen LogP contribution in [0.15, 0.2) is 29.6 Å². The third-order valence-corrected chi connectivity index (χ3v) is 4.37. The van der Waals surface area contributed by atoms with E-state index >= 15 is 0 Å². The Labute approximate surface area is 130 Å². The van der Waals surface area contributed by atoms with E-state index in [1.54, 1.807) is 11.3 Å². The number of hydrogen-bond donors (Lipinski definition) is 1. The number of thiazole rings is 1. The number of nitrogens with one attached hydrogen (secondary N) is 1. The van der Waals surface area contributed by atoms with E-state index < -0.39 is 0 Å². The third-order valence-electron chi connectivity index (χ3n) is 3.38. The second kappa shape index (κ2) is 7.66. The molecule has 2 nitrogen and oxygen atoms in total. The van der Waals surface area contributed by atoms with Gasteiger partial charge in [0.15, 0.2) is 0 Å². The highest BCUT2D eigenvalue weighted by molar-refractivity contribution is 7.09. The Morgan fingerprint density at radius 3 is 2.48 bits per heavy atom. The summed E-state index contributed by atoms with van der Waals surface area (Å²) >= 11 is 1.73. The lowest BCUT2D eigenvalue weighted by Crippen LogP contribution is -2.31. The van der Waals surface area contributed by atoms with Crippen LogP contribution in [0.2, 0.25) is 0 Å². The monoisotopic (exact) mass is 306 g/mol. The first-order valence-electron chi connectivity index (χ1n) is 7.41. The van der Waals surface area contributed by atoms with E-state index in [9.17, 15) is 4.39 Å². The SMILES string of the molecule is Cc1csc(CC(CNC(C)C)Cc2ccc(F)cc2)n1. The average Bonchev–Trinajstić information content (AvgIpc) is 2.84. The highest BCUT2D eigenvalue weighted by Gasteiger charge is 2.13. The summed E-state index contributed by atoms with van der Waals surface area (Å²) in [6.45, 7) is 7.29. The van der Waals surface area contributed by atoms with Crippen LogP contribution in [0.25, 0.3) is 0 Å². The van der Waals surface area contributed by atoms with E-state index in [0.717, 1.165) is 25.1 Å². The van der Waals surface area contributed by atoms with E-state index in [0.29, 0.717) is 12.0 Å². The predicted octanol–water partition coefficient (Wildman–Crippen LogP) is 3.99. The maximum Gasteiger partial charge on any atom is 0.123 e. The van der Waals surface area contributed by atoms with Crippen molar-refractivity contribution in [3.8, 4) is 0 Å². The topological polar surface area (TPSA) is 24.9 Å². The lowest BCUT2D eigenvalue weighted by atomic mass is 9.96. The summed E-state index contributed by atoms with van der Waals surface area (Å²) in [5.74, 6) is 0.301. The zero-order valence-corrected chi connectivity index (χ0v) is 13.7. The summed E-state index contributed by atoms with van der Waals surface area (Å²) in [5, 5.41) is 6.79. The average molecular weight is 306 g/mol. The summed E-state index contributed by atoms with van der Waals surface area (Å²) < 4.78 is 13.0. The van der Waals surface area contributed by atoms with Crippen molar-refractivity contribution < 1.29 is 4.39 Å². The fraction of sp³-hybridized carbons (Fsp3) is 0.471. The molecule has 4 heteroatoms. The Morgan fingerprint density at radius 1 is 1.19 bits per heavy atom. The molecule has 0 bridgehead atoms. The molecule has 0 saturated heterocycles. The van der Waals surface area contributed by atoms with E-state index in [2.05, 4.69) is 29.5 Å². The minimum Gasteiger partial charge on any atom is -0.314 e. The lowest BCUT2D eigenvalue weighted by Gasteiger charge is -2.18. The van der Waals surface area contributed by atoms with Crippen molar-refractivity contribution in [2.24, 2.45) is 5.92 Å². The van der Waals surface area contributed by atoms with Crippen molar-refractivity contribution in [1.82, 2.24) is 10.3 Å². The van der Waals surface area contributed by atoms with Crippen molar-refractivity contribution in [1.29, 1.82) is 0 Å². The number of aryl methyl sites for hydroxylation is 1. The Kier molecular flexibility index (Phi) is 5.88. The zero-order valence-electron chi connectivity index (χ0n) is 12.9. The molecule has 0 aliphatic rings. The molecule has 0 aliphatic heterocycles. The van der Waals surface area contributed by atoms with Crippen LogP contribution in [0.3, 0.4) is 0 Å². The van der Waals surface area contributed by atoms with Crippen molar-refractivity contribution >= 4 is 11.3 Å². The standard InChI is InChI=1S/C17H23FN2S/c1-12(2)19-10-15(9-17-20-13(3)11-21-17)8-14-4-6-16(18)7-5-14/h4-7,11-12,15,19H,8-10H2,1-3H3. The first-order chi connectivity index (χ1) is 10.0. The molecule has 0 radical (unpaired) electrons. The molecule has 114 valence electrons. The molecule has 1 unspecified atom stereocenters. The number of benzene rings is 1. The van der Waals surface area contributed by atoms with Gasteiger partial charge in [0.05, 0.1) is 5.01 Å². The molecular weight excluding hydrogens is 283 g/mol. The van der Waals surface area contributed by atoms with Crippen LogP contribution >= 0.6 is 11.3 Å². The van der Waals surface area contributed by atoms with Gasteiger partial charge < -0.3 is 5.32 Å². The minimum absolute atomic E-state index is 0.175. The fourth-order valence-corrected chi connectivity index (χ4v) is 3.20. The smallest absolute Gasteiger partial charge is 0.123 e. The van der Waals surface area contributed by atoms with Crippen molar-refractivity contribution in [2.75, 3.05) is 6.54 Å². The Hall–Kier alpha value is -1.26. The summed E-state index contributed by atoms with van der Waals surface area (Å²) in [6.07, 6.45) is 1.91. The Balaban J connectivity index is 2.02. The molecule has 0 fully saturated rings. The van der Waals surface area contributed by atoms with Crippen LogP contribution < -0.4 is 5.32 Å². The minimum atomic E-state index is -0.175. The fourth-order valence-electron chi connectivity index (χ4n) is 2.32. The summed E-state index contributed by atoms with van der Waals surface area (Å²) in [5.41, 5.74) is 2.27. The molecule has 1 N–H and O–H groups in total. The maximum atomic E-state index is 13.0. The van der Waals surface area contributed by atoms with Crippen LogP contribution in [0.4, 0.5) is 4.39 Å². The second-order valence-electron chi connectivity index (χ2n) is 5.85. The number of rotatable bonds is 7. The van der Waals surface area contributed by atoms with Crippen LogP contribution in [0.1, 0.15) is 30.1 Å². The number of halogens is 1. The summed E-state index contributed by atoms with van der Waals surface area (Å²) in [7, 11) is 0. The molecular formula is C17H23FN2S. The van der Waals surface area contributed by atoms with Crippen molar-refractivity contribution in [2.45, 2.75) is 39.7 Å². The molecule has 1 atom stereocenters. The molecule has 0 spiro atoms. The Morgan fingerprint density at radius 2 is 1.90 bits per heavy atom. The van der Waals surface area contributed by atoms with Gasteiger partial charge in [0, 0.05) is 23.5 Å². The van der Waals surface area contributed by atoms with Gasteiger partial charge in [-0.25, -0.2) is 9.37 Å². The van der Waals surface area contributed by atoms with Gasteiger partial charge in [0.2, 0.25) is 0 Å². The molecule has 0 saturated carbocycles. The predicted molar refractivity (Wildman–Crippen MR) is 87.3 cm³/mol. The van der Waals surface area contributed by atoms with Crippen molar-refractivity contribution in [3.63, 3.8) is 0 Å². The first kappa shape index (κ1) is 16.1. The number of nitrogens with zero attached hydrogens (tertiary/aromatic N) is 1. The summed E-state index contributed by atoms with van der Waals surface area (Å²) in [4.78, 5) is 4.56.